The zero-order valence-electron chi connectivity index (χ0n) is 16.2. The van der Waals surface area contributed by atoms with Gasteiger partial charge in [-0.05, 0) is 30.3 Å². The van der Waals surface area contributed by atoms with Gasteiger partial charge in [0.15, 0.2) is 0 Å². The van der Waals surface area contributed by atoms with E-state index in [1.54, 1.807) is 24.3 Å². The maximum Gasteiger partial charge on any atom is 0.338 e. The Bertz CT molecular complexity index is 1100. The highest BCUT2D eigenvalue weighted by Gasteiger charge is 2.36. The van der Waals surface area contributed by atoms with Crippen LogP contribution in [0.4, 0.5) is 11.4 Å². The topological polar surface area (TPSA) is 143 Å². The number of thioether (sulfide) groups is 1. The van der Waals surface area contributed by atoms with Crippen LogP contribution in [0, 0.1) is 21.4 Å². The molecular formula is C20H16N4O6S. The third-order valence-electron chi connectivity index (χ3n) is 4.52. The predicted octanol–water partition coefficient (Wildman–Crippen LogP) is 2.41. The lowest BCUT2D eigenvalue weighted by Crippen LogP contribution is -2.44. The molecule has 10 nitrogen and oxygen atoms in total. The Morgan fingerprint density at radius 1 is 1.23 bits per heavy atom. The van der Waals surface area contributed by atoms with Crippen molar-refractivity contribution in [3.05, 3.63) is 69.3 Å². The summed E-state index contributed by atoms with van der Waals surface area (Å²) in [5.74, 6) is -1.31. The number of rotatable bonds is 5. The fourth-order valence-corrected chi connectivity index (χ4v) is 4.11. The van der Waals surface area contributed by atoms with Crippen molar-refractivity contribution in [3.8, 4) is 6.07 Å². The van der Waals surface area contributed by atoms with E-state index in [0.717, 1.165) is 19.2 Å². The molecule has 1 fully saturated rings. The number of carbonyl (C=O) groups is 3. The number of nitro groups is 1. The number of benzene rings is 2. The standard InChI is InChI=1S/C20H16N4O6S/c1-30-20(27)14-6-13(7-16(8-14)24(28)29)19(26)23-11-31-10-17(23)18(25)22-15-4-2-12(9-21)3-5-15/h2-8,17H,10-11H2,1H3,(H,22,25). The molecule has 1 aliphatic rings. The van der Waals surface area contributed by atoms with Crippen molar-refractivity contribution in [2.45, 2.75) is 6.04 Å². The number of anilines is 1. The smallest absolute Gasteiger partial charge is 0.338 e. The first-order valence-electron chi connectivity index (χ1n) is 8.91. The molecule has 0 bridgehead atoms. The lowest BCUT2D eigenvalue weighted by molar-refractivity contribution is -0.384. The van der Waals surface area contributed by atoms with Gasteiger partial charge in [0, 0.05) is 29.1 Å². The van der Waals surface area contributed by atoms with Gasteiger partial charge in [-0.1, -0.05) is 0 Å². The summed E-state index contributed by atoms with van der Waals surface area (Å²) in [7, 11) is 1.13. The molecular weight excluding hydrogens is 424 g/mol. The van der Waals surface area contributed by atoms with Crippen LogP contribution in [0.3, 0.4) is 0 Å². The molecule has 158 valence electrons. The van der Waals surface area contributed by atoms with Crippen molar-refractivity contribution in [1.29, 1.82) is 5.26 Å². The fourth-order valence-electron chi connectivity index (χ4n) is 2.96. The lowest BCUT2D eigenvalue weighted by Gasteiger charge is -2.23. The first-order valence-corrected chi connectivity index (χ1v) is 10.1. The molecule has 0 spiro atoms. The van der Waals surface area contributed by atoms with Crippen LogP contribution in [0.5, 0.6) is 0 Å². The van der Waals surface area contributed by atoms with Crippen LogP contribution in [0.25, 0.3) is 0 Å². The first kappa shape index (κ1) is 21.8. The Balaban J connectivity index is 1.84. The van der Waals surface area contributed by atoms with Gasteiger partial charge in [-0.15, -0.1) is 11.8 Å². The lowest BCUT2D eigenvalue weighted by atomic mass is 10.1. The van der Waals surface area contributed by atoms with Gasteiger partial charge in [-0.25, -0.2) is 4.79 Å². The summed E-state index contributed by atoms with van der Waals surface area (Å²) in [4.78, 5) is 49.5. The number of amides is 2. The minimum atomic E-state index is -0.816. The molecule has 0 radical (unpaired) electrons. The summed E-state index contributed by atoms with van der Waals surface area (Å²) >= 11 is 1.36. The highest BCUT2D eigenvalue weighted by molar-refractivity contribution is 7.99. The monoisotopic (exact) mass is 440 g/mol. The molecule has 2 aromatic rings. The van der Waals surface area contributed by atoms with Crippen molar-refractivity contribution in [3.63, 3.8) is 0 Å². The Labute approximate surface area is 180 Å². The van der Waals surface area contributed by atoms with E-state index >= 15 is 0 Å². The summed E-state index contributed by atoms with van der Waals surface area (Å²) < 4.78 is 4.60. The van der Waals surface area contributed by atoms with Gasteiger partial charge in [-0.2, -0.15) is 5.26 Å². The van der Waals surface area contributed by atoms with Crippen LogP contribution in [0.1, 0.15) is 26.3 Å². The first-order chi connectivity index (χ1) is 14.8. The highest BCUT2D eigenvalue weighted by Crippen LogP contribution is 2.26. The van der Waals surface area contributed by atoms with Gasteiger partial charge < -0.3 is 15.0 Å². The second-order valence-electron chi connectivity index (χ2n) is 6.49. The molecule has 3 rings (SSSR count). The molecule has 2 aromatic carbocycles. The molecule has 1 aliphatic heterocycles. The van der Waals surface area contributed by atoms with Crippen molar-refractivity contribution in [2.75, 3.05) is 24.1 Å². The summed E-state index contributed by atoms with van der Waals surface area (Å²) in [6.45, 7) is 0. The van der Waals surface area contributed by atoms with Gasteiger partial charge in [0.1, 0.15) is 6.04 Å². The van der Waals surface area contributed by atoms with Gasteiger partial charge in [0.25, 0.3) is 11.6 Å². The molecule has 1 saturated heterocycles. The molecule has 0 aromatic heterocycles. The maximum absolute atomic E-state index is 13.1. The number of hydrogen-bond acceptors (Lipinski definition) is 8. The number of hydrogen-bond donors (Lipinski definition) is 1. The Morgan fingerprint density at radius 3 is 2.52 bits per heavy atom. The highest BCUT2D eigenvalue weighted by atomic mass is 32.2. The Morgan fingerprint density at radius 2 is 1.90 bits per heavy atom. The van der Waals surface area contributed by atoms with Gasteiger partial charge in [0.2, 0.25) is 5.91 Å². The number of nitro benzene ring substituents is 1. The summed E-state index contributed by atoms with van der Waals surface area (Å²) in [5, 5.41) is 22.8. The van der Waals surface area contributed by atoms with Gasteiger partial charge in [0.05, 0.1) is 35.1 Å². The molecule has 1 N–H and O–H groups in total. The number of non-ortho nitro benzene ring substituents is 1. The van der Waals surface area contributed by atoms with Crippen LogP contribution in [-0.4, -0.2) is 52.4 Å². The number of carbonyl (C=O) groups excluding carboxylic acids is 3. The SMILES string of the molecule is COC(=O)c1cc(C(=O)N2CSCC2C(=O)Nc2ccc(C#N)cc2)cc([N+](=O)[O-])c1. The van der Waals surface area contributed by atoms with E-state index in [0.29, 0.717) is 17.0 Å². The molecule has 31 heavy (non-hydrogen) atoms. The number of nitrogens with one attached hydrogen (secondary N) is 1. The Hall–Kier alpha value is -3.91. The van der Waals surface area contributed by atoms with Crippen LogP contribution in [-0.2, 0) is 9.53 Å². The van der Waals surface area contributed by atoms with Crippen LogP contribution >= 0.6 is 11.8 Å². The maximum atomic E-state index is 13.1. The summed E-state index contributed by atoms with van der Waals surface area (Å²) in [6.07, 6.45) is 0. The molecule has 11 heteroatoms. The predicted molar refractivity (Wildman–Crippen MR) is 112 cm³/mol. The quantitative estimate of drug-likeness (QED) is 0.424. The number of methoxy groups -OCH3 is 1. The summed E-state index contributed by atoms with van der Waals surface area (Å²) in [6, 6.07) is 10.7. The zero-order chi connectivity index (χ0) is 22.5. The van der Waals surface area contributed by atoms with Crippen molar-refractivity contribution >= 4 is 40.9 Å². The average Bonchev–Trinajstić information content (AvgIpc) is 3.28. The van der Waals surface area contributed by atoms with Crippen LogP contribution in [0.2, 0.25) is 0 Å². The second kappa shape index (κ2) is 9.27. The molecule has 1 heterocycles. The van der Waals surface area contributed by atoms with Gasteiger partial charge in [-0.3, -0.25) is 19.7 Å². The average molecular weight is 440 g/mol. The molecule has 1 unspecified atom stereocenters. The minimum absolute atomic E-state index is 0.0896. The van der Waals surface area contributed by atoms with E-state index in [1.807, 2.05) is 6.07 Å². The van der Waals surface area contributed by atoms with E-state index in [1.165, 1.54) is 22.7 Å². The number of nitrogens with zero attached hydrogens (tertiary/aromatic N) is 3. The third kappa shape index (κ3) is 4.81. The number of nitriles is 1. The largest absolute Gasteiger partial charge is 0.465 e. The molecule has 0 saturated carbocycles. The molecule has 1 atom stereocenters. The van der Waals surface area contributed by atoms with E-state index < -0.39 is 34.4 Å². The van der Waals surface area contributed by atoms with E-state index in [4.69, 9.17) is 5.26 Å². The third-order valence-corrected chi connectivity index (χ3v) is 5.54. The van der Waals surface area contributed by atoms with E-state index in [2.05, 4.69) is 10.1 Å². The zero-order valence-corrected chi connectivity index (χ0v) is 17.0. The molecule has 0 aliphatic carbocycles. The summed E-state index contributed by atoms with van der Waals surface area (Å²) in [5.41, 5.74) is 0.255. The fraction of sp³-hybridized carbons (Fsp3) is 0.200. The van der Waals surface area contributed by atoms with Crippen molar-refractivity contribution in [1.82, 2.24) is 4.90 Å². The number of ether oxygens (including phenoxy) is 1. The normalized spacial score (nSPS) is 15.1. The van der Waals surface area contributed by atoms with Crippen LogP contribution in [0.15, 0.2) is 42.5 Å². The van der Waals surface area contributed by atoms with Gasteiger partial charge >= 0.3 is 5.97 Å². The molecule has 2 amide bonds. The minimum Gasteiger partial charge on any atom is -0.465 e. The Kier molecular flexibility index (Phi) is 6.52. The number of esters is 1. The second-order valence-corrected chi connectivity index (χ2v) is 7.49. The van der Waals surface area contributed by atoms with Crippen LogP contribution < -0.4 is 5.32 Å². The van der Waals surface area contributed by atoms with E-state index in [-0.39, 0.29) is 17.0 Å². The van der Waals surface area contributed by atoms with Crippen molar-refractivity contribution < 1.29 is 24.0 Å². The van der Waals surface area contributed by atoms with Crippen molar-refractivity contribution in [2.24, 2.45) is 0 Å². The van der Waals surface area contributed by atoms with E-state index in [9.17, 15) is 24.5 Å².